The fourth-order valence-electron chi connectivity index (χ4n) is 3.17. The SMILES string of the molecule is Cc1ccc(C(C(F)(F)F)(C(F)(F)F)C(F)(F)F)cc1C(C(F)(F)F)(C(F)(F)F)C(F)(F)F. The maximum atomic E-state index is 13.3. The van der Waals surface area contributed by atoms with Crippen LogP contribution in [0.3, 0.4) is 0 Å². The van der Waals surface area contributed by atoms with E-state index in [2.05, 4.69) is 0 Å². The maximum Gasteiger partial charge on any atom is 0.416 e. The van der Waals surface area contributed by atoms with Crippen molar-refractivity contribution in [2.75, 3.05) is 0 Å². The highest BCUT2D eigenvalue weighted by Gasteiger charge is 2.86. The standard InChI is InChI=1S/C15H6F18/c1-5-2-3-6(8(10(16,17)18,11(19,20)21)12(22,23)24)4-7(5)9(13(25,26)27,14(28,29)30)15(31,32)33/h2-4H,1H3. The summed E-state index contributed by atoms with van der Waals surface area (Å²) >= 11 is 0. The molecule has 0 amide bonds. The Morgan fingerprint density at radius 2 is 0.697 bits per heavy atom. The summed E-state index contributed by atoms with van der Waals surface area (Å²) in [6.45, 7) is -0.00642. The molecule has 0 saturated heterocycles. The van der Waals surface area contributed by atoms with Gasteiger partial charge in [0, 0.05) is 0 Å². The van der Waals surface area contributed by atoms with Crippen LogP contribution in [0.1, 0.15) is 16.7 Å². The van der Waals surface area contributed by atoms with Gasteiger partial charge in [0.05, 0.1) is 0 Å². The lowest BCUT2D eigenvalue weighted by Crippen LogP contribution is -2.65. The van der Waals surface area contributed by atoms with E-state index >= 15 is 0 Å². The lowest BCUT2D eigenvalue weighted by atomic mass is 9.71. The van der Waals surface area contributed by atoms with Crippen LogP contribution in [0.5, 0.6) is 0 Å². The summed E-state index contributed by atoms with van der Waals surface area (Å²) in [6.07, 6.45) is -45.0. The average Bonchev–Trinajstić information content (AvgIpc) is 2.41. The highest BCUT2D eigenvalue weighted by molar-refractivity contribution is 5.46. The predicted octanol–water partition coefficient (Wildman–Crippen LogP) is 7.84. The topological polar surface area (TPSA) is 0 Å². The normalized spacial score (nSPS) is 15.7. The van der Waals surface area contributed by atoms with Gasteiger partial charge in [-0.3, -0.25) is 0 Å². The van der Waals surface area contributed by atoms with Crippen molar-refractivity contribution in [3.63, 3.8) is 0 Å². The molecule has 192 valence electrons. The van der Waals surface area contributed by atoms with E-state index in [1.165, 1.54) is 0 Å². The second-order valence-corrected chi connectivity index (χ2v) is 6.52. The Morgan fingerprint density at radius 3 is 0.939 bits per heavy atom. The van der Waals surface area contributed by atoms with E-state index in [4.69, 9.17) is 0 Å². The minimum absolute atomic E-state index is 0.00642. The van der Waals surface area contributed by atoms with Gasteiger partial charge in [0.1, 0.15) is 0 Å². The quantitative estimate of drug-likeness (QED) is 0.343. The number of alkyl halides is 18. The molecular formula is C15H6F18. The molecule has 0 aliphatic heterocycles. The molecule has 1 aromatic carbocycles. The smallest absolute Gasteiger partial charge is 0.169 e. The third kappa shape index (κ3) is 3.95. The zero-order valence-corrected chi connectivity index (χ0v) is 15.0. The number of rotatable bonds is 2. The zero-order chi connectivity index (χ0) is 26.9. The monoisotopic (exact) mass is 528 g/mol. The summed E-state index contributed by atoms with van der Waals surface area (Å²) < 4.78 is 238. The van der Waals surface area contributed by atoms with Crippen molar-refractivity contribution in [3.8, 4) is 0 Å². The van der Waals surface area contributed by atoms with Crippen LogP contribution in [0.25, 0.3) is 0 Å². The Bertz CT molecular complexity index is 782. The van der Waals surface area contributed by atoms with E-state index < -0.39 is 82.8 Å². The lowest BCUT2D eigenvalue weighted by Gasteiger charge is -2.42. The van der Waals surface area contributed by atoms with Gasteiger partial charge in [0.15, 0.2) is 0 Å². The largest absolute Gasteiger partial charge is 0.416 e. The van der Waals surface area contributed by atoms with Crippen LogP contribution in [-0.2, 0) is 10.8 Å². The second-order valence-electron chi connectivity index (χ2n) is 6.52. The Hall–Kier alpha value is -2.04. The van der Waals surface area contributed by atoms with Crippen molar-refractivity contribution in [3.05, 3.63) is 34.9 Å². The minimum atomic E-state index is -7.51. The summed E-state index contributed by atoms with van der Waals surface area (Å²) in [5.41, 5.74) is -22.8. The molecule has 0 unspecified atom stereocenters. The van der Waals surface area contributed by atoms with Crippen LogP contribution >= 0.6 is 0 Å². The van der Waals surface area contributed by atoms with Crippen LogP contribution in [0, 0.1) is 6.92 Å². The summed E-state index contributed by atoms with van der Waals surface area (Å²) in [5, 5.41) is 0. The van der Waals surface area contributed by atoms with E-state index in [1.54, 1.807) is 0 Å². The lowest BCUT2D eigenvalue weighted by molar-refractivity contribution is -0.387. The van der Waals surface area contributed by atoms with E-state index in [0.717, 1.165) is 0 Å². The molecule has 33 heavy (non-hydrogen) atoms. The number of aryl methyl sites for hydroxylation is 1. The molecule has 0 aromatic heterocycles. The number of hydrogen-bond donors (Lipinski definition) is 0. The predicted molar refractivity (Wildman–Crippen MR) is 70.9 cm³/mol. The molecule has 18 heteroatoms. The maximum absolute atomic E-state index is 13.3. The first kappa shape index (κ1) is 29.0. The van der Waals surface area contributed by atoms with E-state index in [0.29, 0.717) is 0 Å². The van der Waals surface area contributed by atoms with Gasteiger partial charge >= 0.3 is 37.1 Å². The van der Waals surface area contributed by atoms with Crippen LogP contribution in [-0.4, -0.2) is 37.1 Å². The molecule has 0 aliphatic carbocycles. The third-order valence-electron chi connectivity index (χ3n) is 4.63. The van der Waals surface area contributed by atoms with Gasteiger partial charge in [-0.2, -0.15) is 79.0 Å². The van der Waals surface area contributed by atoms with Gasteiger partial charge in [-0.1, -0.05) is 18.2 Å². The van der Waals surface area contributed by atoms with Crippen LogP contribution in [0.4, 0.5) is 79.0 Å². The van der Waals surface area contributed by atoms with Crippen LogP contribution in [0.15, 0.2) is 18.2 Å². The third-order valence-corrected chi connectivity index (χ3v) is 4.63. The van der Waals surface area contributed by atoms with Gasteiger partial charge in [-0.05, 0) is 23.6 Å². The first-order chi connectivity index (χ1) is 14.1. The van der Waals surface area contributed by atoms with Gasteiger partial charge in [0.2, 0.25) is 0 Å². The molecule has 1 rings (SSSR count). The highest BCUT2D eigenvalue weighted by atomic mass is 19.4. The highest BCUT2D eigenvalue weighted by Crippen LogP contribution is 2.64. The summed E-state index contributed by atoms with van der Waals surface area (Å²) in [4.78, 5) is 0. The van der Waals surface area contributed by atoms with Crippen molar-refractivity contribution in [1.29, 1.82) is 0 Å². The van der Waals surface area contributed by atoms with E-state index in [9.17, 15) is 79.0 Å². The molecule has 0 spiro atoms. The Labute approximate surface area is 170 Å². The number of hydrogen-bond acceptors (Lipinski definition) is 0. The van der Waals surface area contributed by atoms with Crippen LogP contribution in [0.2, 0.25) is 0 Å². The van der Waals surface area contributed by atoms with Gasteiger partial charge in [-0.25, -0.2) is 0 Å². The molecule has 0 nitrogen and oxygen atoms in total. The molecule has 1 aromatic rings. The Kier molecular flexibility index (Phi) is 6.57. The fourth-order valence-corrected chi connectivity index (χ4v) is 3.17. The molecule has 0 aliphatic rings. The van der Waals surface area contributed by atoms with Crippen molar-refractivity contribution < 1.29 is 79.0 Å². The van der Waals surface area contributed by atoms with Gasteiger partial charge < -0.3 is 0 Å². The minimum Gasteiger partial charge on any atom is -0.169 e. The van der Waals surface area contributed by atoms with Crippen LogP contribution < -0.4 is 0 Å². The van der Waals surface area contributed by atoms with Crippen molar-refractivity contribution in [2.45, 2.75) is 54.8 Å². The molecule has 0 fully saturated rings. The van der Waals surface area contributed by atoms with Crippen molar-refractivity contribution in [2.24, 2.45) is 0 Å². The number of halogens is 18. The molecule has 0 radical (unpaired) electrons. The summed E-state index contributed by atoms with van der Waals surface area (Å²) in [6, 6.07) is -3.04. The van der Waals surface area contributed by atoms with Crippen molar-refractivity contribution >= 4 is 0 Å². The Balaban J connectivity index is 4.45. The summed E-state index contributed by atoms with van der Waals surface area (Å²) in [5.74, 6) is 0. The average molecular weight is 528 g/mol. The summed E-state index contributed by atoms with van der Waals surface area (Å²) in [7, 11) is 0. The van der Waals surface area contributed by atoms with Gasteiger partial charge in [-0.15, -0.1) is 0 Å². The molecule has 0 N–H and O–H groups in total. The number of benzene rings is 1. The molecule has 0 heterocycles. The second kappa shape index (κ2) is 7.48. The molecule has 0 bridgehead atoms. The first-order valence-corrected chi connectivity index (χ1v) is 7.64. The Morgan fingerprint density at radius 1 is 0.424 bits per heavy atom. The van der Waals surface area contributed by atoms with Crippen molar-refractivity contribution in [1.82, 2.24) is 0 Å². The first-order valence-electron chi connectivity index (χ1n) is 7.64. The zero-order valence-electron chi connectivity index (χ0n) is 15.0. The van der Waals surface area contributed by atoms with E-state index in [-0.39, 0.29) is 6.92 Å². The molecular weight excluding hydrogens is 522 g/mol. The molecule has 0 atom stereocenters. The van der Waals surface area contributed by atoms with Gasteiger partial charge in [0.25, 0.3) is 10.8 Å². The van der Waals surface area contributed by atoms with E-state index in [1.807, 2.05) is 0 Å². The molecule has 0 saturated carbocycles. The fraction of sp³-hybridized carbons (Fsp3) is 0.600.